The molecule has 3 aromatic rings. The third-order valence-corrected chi connectivity index (χ3v) is 3.99. The summed E-state index contributed by atoms with van der Waals surface area (Å²) in [5, 5.41) is 4.79. The van der Waals surface area contributed by atoms with Gasteiger partial charge in [-0.2, -0.15) is 0 Å². The molecule has 3 aromatic carbocycles. The average molecular weight is 333 g/mol. The molecule has 0 aliphatic heterocycles. The molecule has 0 aliphatic rings. The average Bonchev–Trinajstić information content (AvgIpc) is 2.66. The van der Waals surface area contributed by atoms with Gasteiger partial charge >= 0.3 is 5.97 Å². The number of fused-ring (bicyclic) bond motifs is 1. The van der Waals surface area contributed by atoms with Crippen molar-refractivity contribution in [1.82, 2.24) is 0 Å². The van der Waals surface area contributed by atoms with E-state index in [9.17, 15) is 9.59 Å². The molecule has 0 unspecified atom stereocenters. The van der Waals surface area contributed by atoms with E-state index in [0.29, 0.717) is 5.56 Å². The largest absolute Gasteiger partial charge is 0.452 e. The molecule has 25 heavy (non-hydrogen) atoms. The smallest absolute Gasteiger partial charge is 0.338 e. The van der Waals surface area contributed by atoms with E-state index in [2.05, 4.69) is 5.32 Å². The summed E-state index contributed by atoms with van der Waals surface area (Å²) in [4.78, 5) is 24.2. The molecule has 0 spiro atoms. The van der Waals surface area contributed by atoms with Crippen LogP contribution in [0.25, 0.3) is 10.8 Å². The van der Waals surface area contributed by atoms with Crippen LogP contribution >= 0.6 is 0 Å². The molecule has 1 amide bonds. The maximum atomic E-state index is 12.2. The molecule has 1 N–H and O–H groups in total. The Morgan fingerprint density at radius 1 is 0.920 bits per heavy atom. The van der Waals surface area contributed by atoms with E-state index in [1.165, 1.54) is 0 Å². The van der Waals surface area contributed by atoms with Gasteiger partial charge in [0, 0.05) is 5.69 Å². The minimum absolute atomic E-state index is 0.316. The highest BCUT2D eigenvalue weighted by Crippen LogP contribution is 2.17. The zero-order chi connectivity index (χ0) is 17.6. The highest BCUT2D eigenvalue weighted by Gasteiger charge is 2.12. The lowest BCUT2D eigenvalue weighted by atomic mass is 10.1. The van der Waals surface area contributed by atoms with E-state index in [1.54, 1.807) is 12.1 Å². The summed E-state index contributed by atoms with van der Waals surface area (Å²) in [7, 11) is 0. The van der Waals surface area contributed by atoms with Gasteiger partial charge in [0.15, 0.2) is 6.61 Å². The Kier molecular flexibility index (Phi) is 5.09. The van der Waals surface area contributed by atoms with Crippen molar-refractivity contribution in [2.24, 2.45) is 0 Å². The summed E-state index contributed by atoms with van der Waals surface area (Å²) in [6.45, 7) is 1.70. The lowest BCUT2D eigenvalue weighted by Crippen LogP contribution is -2.21. The third kappa shape index (κ3) is 4.04. The van der Waals surface area contributed by atoms with Gasteiger partial charge in [-0.3, -0.25) is 4.79 Å². The number of ether oxygens (including phenoxy) is 1. The summed E-state index contributed by atoms with van der Waals surface area (Å²) < 4.78 is 5.13. The van der Waals surface area contributed by atoms with E-state index in [0.717, 1.165) is 28.4 Å². The quantitative estimate of drug-likeness (QED) is 0.712. The Hall–Kier alpha value is -3.14. The van der Waals surface area contributed by atoms with Crippen LogP contribution in [0.3, 0.4) is 0 Å². The van der Waals surface area contributed by atoms with Gasteiger partial charge in [-0.15, -0.1) is 0 Å². The van der Waals surface area contributed by atoms with Gasteiger partial charge in [0.25, 0.3) is 5.91 Å². The number of nitrogens with one attached hydrogen (secondary N) is 1. The van der Waals surface area contributed by atoms with Crippen LogP contribution in [0.15, 0.2) is 66.7 Å². The predicted octanol–water partition coefficient (Wildman–Crippen LogP) is 4.20. The monoisotopic (exact) mass is 333 g/mol. The minimum atomic E-state index is -0.510. The molecule has 0 bridgehead atoms. The van der Waals surface area contributed by atoms with Gasteiger partial charge < -0.3 is 10.1 Å². The number of para-hydroxylation sites is 1. The molecule has 0 fully saturated rings. The Morgan fingerprint density at radius 3 is 2.44 bits per heavy atom. The van der Waals surface area contributed by atoms with Crippen molar-refractivity contribution >= 4 is 28.3 Å². The van der Waals surface area contributed by atoms with E-state index >= 15 is 0 Å². The normalized spacial score (nSPS) is 10.4. The van der Waals surface area contributed by atoms with Crippen molar-refractivity contribution < 1.29 is 14.3 Å². The van der Waals surface area contributed by atoms with Gasteiger partial charge in [-0.1, -0.05) is 55.5 Å². The number of benzene rings is 3. The molecular formula is C21H19NO3. The molecule has 4 nitrogen and oxygen atoms in total. The summed E-state index contributed by atoms with van der Waals surface area (Å²) in [5.41, 5.74) is 2.22. The van der Waals surface area contributed by atoms with Gasteiger partial charge in [0.05, 0.1) is 5.56 Å². The number of rotatable bonds is 5. The van der Waals surface area contributed by atoms with Crippen molar-refractivity contribution in [3.05, 3.63) is 77.9 Å². The molecule has 0 radical (unpaired) electrons. The lowest BCUT2D eigenvalue weighted by molar-refractivity contribution is -0.119. The number of esters is 1. The van der Waals surface area contributed by atoms with Crippen molar-refractivity contribution in [3.8, 4) is 0 Å². The number of anilines is 1. The fourth-order valence-electron chi connectivity index (χ4n) is 2.67. The van der Waals surface area contributed by atoms with Crippen LogP contribution in [0.4, 0.5) is 5.69 Å². The molecule has 0 aromatic heterocycles. The fraction of sp³-hybridized carbons (Fsp3) is 0.143. The van der Waals surface area contributed by atoms with Gasteiger partial charge in [0.1, 0.15) is 0 Å². The predicted molar refractivity (Wildman–Crippen MR) is 98.7 cm³/mol. The summed E-state index contributed by atoms with van der Waals surface area (Å²) in [6, 6.07) is 20.7. The number of aryl methyl sites for hydroxylation is 1. The number of amides is 1. The van der Waals surface area contributed by atoms with Crippen LogP contribution in [-0.2, 0) is 16.0 Å². The lowest BCUT2D eigenvalue weighted by Gasteiger charge is -2.10. The van der Waals surface area contributed by atoms with E-state index in [4.69, 9.17) is 4.74 Å². The molecule has 3 rings (SSSR count). The van der Waals surface area contributed by atoms with Crippen LogP contribution in [0.5, 0.6) is 0 Å². The van der Waals surface area contributed by atoms with Crippen molar-refractivity contribution in [2.45, 2.75) is 13.3 Å². The first-order valence-electron chi connectivity index (χ1n) is 8.21. The first-order chi connectivity index (χ1) is 12.2. The van der Waals surface area contributed by atoms with Crippen LogP contribution < -0.4 is 5.32 Å². The zero-order valence-corrected chi connectivity index (χ0v) is 14.0. The number of carbonyl (C=O) groups is 2. The van der Waals surface area contributed by atoms with Gasteiger partial charge in [-0.05, 0) is 41.0 Å². The molecular weight excluding hydrogens is 314 g/mol. The second-order valence-corrected chi connectivity index (χ2v) is 5.70. The molecule has 0 saturated carbocycles. The number of carbonyl (C=O) groups excluding carboxylic acids is 2. The first-order valence-corrected chi connectivity index (χ1v) is 8.21. The molecule has 0 atom stereocenters. The standard InChI is InChI=1S/C21H19NO3/c1-2-15-7-5-6-10-19(15)22-20(23)14-25-21(24)18-12-11-16-8-3-4-9-17(16)13-18/h3-13H,2,14H2,1H3,(H,22,23). The number of hydrogen-bond donors (Lipinski definition) is 1. The van der Waals surface area contributed by atoms with Crippen molar-refractivity contribution in [2.75, 3.05) is 11.9 Å². The van der Waals surface area contributed by atoms with E-state index in [1.807, 2.05) is 61.5 Å². The first kappa shape index (κ1) is 16.7. The minimum Gasteiger partial charge on any atom is -0.452 e. The highest BCUT2D eigenvalue weighted by molar-refractivity contribution is 5.98. The van der Waals surface area contributed by atoms with Crippen LogP contribution in [0, 0.1) is 0 Å². The molecule has 0 heterocycles. The topological polar surface area (TPSA) is 55.4 Å². The molecule has 0 aliphatic carbocycles. The van der Waals surface area contributed by atoms with Gasteiger partial charge in [0.2, 0.25) is 0 Å². The second kappa shape index (κ2) is 7.62. The Balaban J connectivity index is 1.62. The molecule has 126 valence electrons. The van der Waals surface area contributed by atoms with Gasteiger partial charge in [-0.25, -0.2) is 4.79 Å². The van der Waals surface area contributed by atoms with Crippen LogP contribution in [-0.4, -0.2) is 18.5 Å². The summed E-state index contributed by atoms with van der Waals surface area (Å²) in [5.74, 6) is -0.861. The summed E-state index contributed by atoms with van der Waals surface area (Å²) in [6.07, 6.45) is 0.813. The maximum absolute atomic E-state index is 12.2. The fourth-order valence-corrected chi connectivity index (χ4v) is 2.67. The zero-order valence-electron chi connectivity index (χ0n) is 14.0. The van der Waals surface area contributed by atoms with Crippen molar-refractivity contribution in [3.63, 3.8) is 0 Å². The summed E-state index contributed by atoms with van der Waals surface area (Å²) >= 11 is 0. The van der Waals surface area contributed by atoms with Crippen molar-refractivity contribution in [1.29, 1.82) is 0 Å². The Morgan fingerprint density at radius 2 is 1.64 bits per heavy atom. The highest BCUT2D eigenvalue weighted by atomic mass is 16.5. The second-order valence-electron chi connectivity index (χ2n) is 5.70. The molecule has 0 saturated heterocycles. The Labute approximate surface area is 146 Å². The van der Waals surface area contributed by atoms with Crippen LogP contribution in [0.2, 0.25) is 0 Å². The van der Waals surface area contributed by atoms with E-state index in [-0.39, 0.29) is 12.5 Å². The maximum Gasteiger partial charge on any atom is 0.338 e. The van der Waals surface area contributed by atoms with Crippen LogP contribution in [0.1, 0.15) is 22.8 Å². The SMILES string of the molecule is CCc1ccccc1NC(=O)COC(=O)c1ccc2ccccc2c1. The number of hydrogen-bond acceptors (Lipinski definition) is 3. The molecule has 4 heteroatoms. The Bertz CT molecular complexity index is 918. The third-order valence-electron chi connectivity index (χ3n) is 3.99. The van der Waals surface area contributed by atoms with E-state index < -0.39 is 5.97 Å².